The standard InChI is InChI=1S/C38H40S/c1-4-7-9-10-11-30-12-14-31(15-13-30)16-17-32-18-21-35(34(6-3)27-32)22-19-33-20-23-37-29-38(39-26-8-5-2)25-24-36(37)28-33/h12-15,18,20-21,23-25,27-29H,4-11,26H2,1-3H3. The first-order chi connectivity index (χ1) is 19.2. The average Bonchev–Trinajstić information content (AvgIpc) is 2.98. The molecule has 0 saturated carbocycles. The average molecular weight is 529 g/mol. The molecule has 0 aliphatic heterocycles. The van der Waals surface area contributed by atoms with Gasteiger partial charge in [-0.15, -0.1) is 11.8 Å². The second-order valence-corrected chi connectivity index (χ2v) is 11.3. The summed E-state index contributed by atoms with van der Waals surface area (Å²) < 4.78 is 0. The van der Waals surface area contributed by atoms with Crippen LogP contribution in [0.25, 0.3) is 10.8 Å². The lowest BCUT2D eigenvalue weighted by molar-refractivity contribution is 0.667. The molecule has 1 heteroatoms. The second-order valence-electron chi connectivity index (χ2n) is 10.2. The molecule has 0 unspecified atom stereocenters. The fourth-order valence-electron chi connectivity index (χ4n) is 4.61. The smallest absolute Gasteiger partial charge is 0.0281 e. The van der Waals surface area contributed by atoms with Gasteiger partial charge in [0.1, 0.15) is 0 Å². The maximum absolute atomic E-state index is 3.42. The maximum atomic E-state index is 3.42. The van der Waals surface area contributed by atoms with Crippen molar-refractivity contribution in [2.75, 3.05) is 5.75 Å². The van der Waals surface area contributed by atoms with E-state index in [4.69, 9.17) is 0 Å². The van der Waals surface area contributed by atoms with Crippen molar-refractivity contribution in [3.63, 3.8) is 0 Å². The normalized spacial score (nSPS) is 10.5. The lowest BCUT2D eigenvalue weighted by Gasteiger charge is -2.04. The molecule has 0 nitrogen and oxygen atoms in total. The Morgan fingerprint density at radius 1 is 0.564 bits per heavy atom. The third-order valence-corrected chi connectivity index (χ3v) is 8.11. The summed E-state index contributed by atoms with van der Waals surface area (Å²) in [5.74, 6) is 14.7. The van der Waals surface area contributed by atoms with E-state index in [0.29, 0.717) is 0 Å². The summed E-state index contributed by atoms with van der Waals surface area (Å²) in [4.78, 5) is 1.35. The van der Waals surface area contributed by atoms with Crippen LogP contribution in [-0.2, 0) is 12.8 Å². The van der Waals surface area contributed by atoms with E-state index in [2.05, 4.69) is 123 Å². The van der Waals surface area contributed by atoms with Crippen LogP contribution in [0.5, 0.6) is 0 Å². The van der Waals surface area contributed by atoms with Gasteiger partial charge in [-0.2, -0.15) is 0 Å². The number of hydrogen-bond acceptors (Lipinski definition) is 1. The molecule has 0 spiro atoms. The molecular weight excluding hydrogens is 488 g/mol. The first kappa shape index (κ1) is 28.6. The first-order valence-electron chi connectivity index (χ1n) is 14.6. The zero-order valence-corrected chi connectivity index (χ0v) is 24.6. The van der Waals surface area contributed by atoms with Gasteiger partial charge in [0.15, 0.2) is 0 Å². The highest BCUT2D eigenvalue weighted by Gasteiger charge is 2.02. The minimum Gasteiger partial charge on any atom is -0.126 e. The minimum atomic E-state index is 0.933. The molecule has 0 aliphatic rings. The van der Waals surface area contributed by atoms with E-state index in [9.17, 15) is 0 Å². The van der Waals surface area contributed by atoms with Gasteiger partial charge in [0.05, 0.1) is 0 Å². The van der Waals surface area contributed by atoms with Crippen molar-refractivity contribution >= 4 is 22.5 Å². The van der Waals surface area contributed by atoms with Crippen LogP contribution in [0.1, 0.15) is 92.7 Å². The SMILES string of the molecule is CCCCCCc1ccc(C#Cc2ccc(C#Cc3ccc4cc(SCCCC)ccc4c3)c(CC)c2)cc1. The highest BCUT2D eigenvalue weighted by molar-refractivity contribution is 7.99. The van der Waals surface area contributed by atoms with Crippen LogP contribution in [0.3, 0.4) is 0 Å². The number of hydrogen-bond donors (Lipinski definition) is 0. The summed E-state index contributed by atoms with van der Waals surface area (Å²) in [5.41, 5.74) is 6.89. The lowest BCUT2D eigenvalue weighted by atomic mass is 10.0. The summed E-state index contributed by atoms with van der Waals surface area (Å²) in [6, 6.07) is 28.4. The van der Waals surface area contributed by atoms with E-state index in [0.717, 1.165) is 35.1 Å². The number of rotatable bonds is 10. The molecule has 0 atom stereocenters. The van der Waals surface area contributed by atoms with Gasteiger partial charge in [-0.05, 0) is 108 Å². The third kappa shape index (κ3) is 8.82. The lowest BCUT2D eigenvalue weighted by Crippen LogP contribution is -1.90. The summed E-state index contributed by atoms with van der Waals surface area (Å²) >= 11 is 1.95. The van der Waals surface area contributed by atoms with Crippen LogP contribution in [0.2, 0.25) is 0 Å². The van der Waals surface area contributed by atoms with Crippen LogP contribution < -0.4 is 0 Å². The van der Waals surface area contributed by atoms with Crippen LogP contribution in [0.15, 0.2) is 83.8 Å². The molecule has 4 aromatic carbocycles. The number of aryl methyl sites for hydroxylation is 2. The summed E-state index contributed by atoms with van der Waals surface area (Å²) in [6.45, 7) is 6.68. The van der Waals surface area contributed by atoms with Gasteiger partial charge < -0.3 is 0 Å². The molecule has 0 bridgehead atoms. The number of thioether (sulfide) groups is 1. The van der Waals surface area contributed by atoms with Crippen molar-refractivity contribution < 1.29 is 0 Å². The van der Waals surface area contributed by atoms with E-state index in [-0.39, 0.29) is 0 Å². The van der Waals surface area contributed by atoms with E-state index >= 15 is 0 Å². The number of unbranched alkanes of at least 4 members (excludes halogenated alkanes) is 4. The molecule has 39 heavy (non-hydrogen) atoms. The zero-order valence-electron chi connectivity index (χ0n) is 23.8. The molecule has 0 radical (unpaired) electrons. The Bertz CT molecular complexity index is 1490. The Balaban J connectivity index is 1.43. The van der Waals surface area contributed by atoms with Gasteiger partial charge >= 0.3 is 0 Å². The van der Waals surface area contributed by atoms with Gasteiger partial charge in [0.25, 0.3) is 0 Å². The van der Waals surface area contributed by atoms with Gasteiger partial charge in [-0.3, -0.25) is 0 Å². The summed E-state index contributed by atoms with van der Waals surface area (Å²) in [7, 11) is 0. The molecule has 4 aromatic rings. The Morgan fingerprint density at radius 2 is 1.23 bits per heavy atom. The molecule has 0 aromatic heterocycles. The Morgan fingerprint density at radius 3 is 2.03 bits per heavy atom. The van der Waals surface area contributed by atoms with Gasteiger partial charge in [0, 0.05) is 27.1 Å². The van der Waals surface area contributed by atoms with Crippen molar-refractivity contribution in [1.29, 1.82) is 0 Å². The number of fused-ring (bicyclic) bond motifs is 1. The Kier molecular flexibility index (Phi) is 11.2. The van der Waals surface area contributed by atoms with Crippen molar-refractivity contribution in [1.82, 2.24) is 0 Å². The minimum absolute atomic E-state index is 0.933. The molecule has 198 valence electrons. The Labute approximate surface area is 240 Å². The highest BCUT2D eigenvalue weighted by atomic mass is 32.2. The fraction of sp³-hybridized carbons (Fsp3) is 0.316. The predicted octanol–water partition coefficient (Wildman–Crippen LogP) is 10.2. The van der Waals surface area contributed by atoms with E-state index in [1.165, 1.54) is 71.1 Å². The number of benzene rings is 4. The van der Waals surface area contributed by atoms with E-state index in [1.54, 1.807) is 0 Å². The topological polar surface area (TPSA) is 0 Å². The van der Waals surface area contributed by atoms with Crippen molar-refractivity contribution in [2.24, 2.45) is 0 Å². The van der Waals surface area contributed by atoms with Crippen LogP contribution in [0, 0.1) is 23.7 Å². The predicted molar refractivity (Wildman–Crippen MR) is 172 cm³/mol. The summed E-state index contributed by atoms with van der Waals surface area (Å²) in [6.07, 6.45) is 9.80. The Hall–Kier alpha value is -3.39. The van der Waals surface area contributed by atoms with Crippen molar-refractivity contribution in [3.05, 3.63) is 112 Å². The molecule has 0 saturated heterocycles. The van der Waals surface area contributed by atoms with Gasteiger partial charge in [-0.25, -0.2) is 0 Å². The van der Waals surface area contributed by atoms with Crippen LogP contribution in [-0.4, -0.2) is 5.75 Å². The second kappa shape index (κ2) is 15.3. The monoisotopic (exact) mass is 528 g/mol. The third-order valence-electron chi connectivity index (χ3n) is 7.03. The van der Waals surface area contributed by atoms with Crippen LogP contribution >= 0.6 is 11.8 Å². The van der Waals surface area contributed by atoms with Gasteiger partial charge in [-0.1, -0.05) is 94.4 Å². The van der Waals surface area contributed by atoms with E-state index in [1.807, 2.05) is 11.8 Å². The molecule has 0 heterocycles. The van der Waals surface area contributed by atoms with Crippen molar-refractivity contribution in [2.45, 2.75) is 77.0 Å². The van der Waals surface area contributed by atoms with E-state index < -0.39 is 0 Å². The fourth-order valence-corrected chi connectivity index (χ4v) is 5.65. The quantitative estimate of drug-likeness (QED) is 0.112. The molecular formula is C38H40S. The van der Waals surface area contributed by atoms with Gasteiger partial charge in [0.2, 0.25) is 0 Å². The molecule has 0 amide bonds. The summed E-state index contributed by atoms with van der Waals surface area (Å²) in [5, 5.41) is 2.52. The zero-order chi connectivity index (χ0) is 27.3. The molecule has 0 N–H and O–H groups in total. The largest absolute Gasteiger partial charge is 0.126 e. The van der Waals surface area contributed by atoms with Crippen molar-refractivity contribution in [3.8, 4) is 23.7 Å². The first-order valence-corrected chi connectivity index (χ1v) is 15.6. The molecule has 0 aliphatic carbocycles. The molecule has 4 rings (SSSR count). The molecule has 0 fully saturated rings. The van der Waals surface area contributed by atoms with Crippen LogP contribution in [0.4, 0.5) is 0 Å². The maximum Gasteiger partial charge on any atom is 0.0281 e. The highest BCUT2D eigenvalue weighted by Crippen LogP contribution is 2.25.